The van der Waals surface area contributed by atoms with Crippen LogP contribution in [0.1, 0.15) is 30.5 Å². The average Bonchev–Trinajstić information content (AvgIpc) is 0.809. The molecule has 20 aromatic rings. The van der Waals surface area contributed by atoms with Crippen molar-refractivity contribution in [1.82, 2.24) is 44.9 Å². The molecule has 4 radical (unpaired) electrons. The van der Waals surface area contributed by atoms with Crippen LogP contribution in [-0.4, -0.2) is 44.9 Å². The van der Waals surface area contributed by atoms with Crippen LogP contribution < -0.4 is 0 Å². The van der Waals surface area contributed by atoms with Crippen LogP contribution in [0.4, 0.5) is 0 Å². The third kappa shape index (κ3) is 31.1. The molecule has 0 bridgehead atoms. The summed E-state index contributed by atoms with van der Waals surface area (Å²) in [5.41, 5.74) is 29.2. The smallest absolute Gasteiger partial charge is 0.0695 e. The number of pyridine rings is 9. The first-order valence-electron chi connectivity index (χ1n) is 41.3. The number of nitrogens with zero attached hydrogens (tertiary/aromatic N) is 9. The Morgan fingerprint density at radius 2 is 0.411 bits per heavy atom. The van der Waals surface area contributed by atoms with Crippen LogP contribution in [0, 0.1) is 55.5 Å². The number of rotatable bonds is 14. The van der Waals surface area contributed by atoms with Crippen molar-refractivity contribution in [3.8, 4) is 135 Å². The van der Waals surface area contributed by atoms with E-state index in [9.17, 15) is 0 Å². The van der Waals surface area contributed by atoms with Gasteiger partial charge in [0, 0.05) is 153 Å². The Hall–Kier alpha value is -13.6. The van der Waals surface area contributed by atoms with Crippen molar-refractivity contribution >= 4 is 0 Å². The Morgan fingerprint density at radius 3 is 0.659 bits per heavy atom. The van der Waals surface area contributed by atoms with Gasteiger partial charge in [-0.05, 0) is 147 Å². The monoisotopic (exact) mass is 2380 g/mol. The van der Waals surface area contributed by atoms with E-state index in [1.165, 1.54) is 50.1 Å². The largest absolute Gasteiger partial charge is 0.305 e. The van der Waals surface area contributed by atoms with Crippen molar-refractivity contribution in [2.24, 2.45) is 0 Å². The fraction of sp³-hybridized carbons (Fsp3) is 0.0431. The molecule has 0 saturated carbocycles. The van der Waals surface area contributed by atoms with Gasteiger partial charge < -0.3 is 39.9 Å². The Bertz CT molecular complexity index is 5790. The molecule has 11 aromatic carbocycles. The normalized spacial score (nSPS) is 9.79. The second-order valence-electron chi connectivity index (χ2n) is 27.9. The van der Waals surface area contributed by atoms with Crippen molar-refractivity contribution in [1.29, 1.82) is 0 Å². The maximum absolute atomic E-state index is 4.60. The molecule has 642 valence electrons. The SMILES string of the molecule is CCc1cc(-c2[c-]cccc2)ncc1-c1ccccc1.CCc1cc(-c2[c-]cccc2)ncc1-c1ccccc1.Cc1cc(-c2[c-]cccc2)ncc1-c1ccccc1.[Ir].[Ir].[Ir].[Ir].[c-]1ccccc1-c1cc(-c2ccccn2)ccn1.[c-]1ccccc1-c1ccccn1.[c-]1ccccc1-c1ccccn1.[c-]1ccccc1-c1ccccn1.[c-]1ccccc1-c1ccccn1. The number of hydrogen-bond donors (Lipinski definition) is 0. The molecule has 20 rings (SSSR count). The molecule has 9 aromatic heterocycles. The summed E-state index contributed by atoms with van der Waals surface area (Å²) in [5, 5.41) is 0. The minimum absolute atomic E-state index is 0. The zero-order valence-electron chi connectivity index (χ0n) is 71.2. The van der Waals surface area contributed by atoms with Gasteiger partial charge in [-0.15, -0.1) is 287 Å². The first kappa shape index (κ1) is 99.1. The van der Waals surface area contributed by atoms with Gasteiger partial charge in [0.1, 0.15) is 0 Å². The van der Waals surface area contributed by atoms with Crippen molar-refractivity contribution < 1.29 is 80.4 Å². The van der Waals surface area contributed by atoms with Crippen LogP contribution >= 0.6 is 0 Å². The van der Waals surface area contributed by atoms with E-state index in [1.54, 1.807) is 37.2 Å². The molecule has 0 unspecified atom stereocenters. The van der Waals surface area contributed by atoms with Crippen LogP contribution in [0.3, 0.4) is 0 Å². The van der Waals surface area contributed by atoms with Gasteiger partial charge >= 0.3 is 0 Å². The predicted octanol–water partition coefficient (Wildman–Crippen LogP) is 27.9. The first-order chi connectivity index (χ1) is 61.9. The van der Waals surface area contributed by atoms with E-state index in [-0.39, 0.29) is 80.4 Å². The molecule has 0 aliphatic carbocycles. The van der Waals surface area contributed by atoms with Crippen molar-refractivity contribution in [3.63, 3.8) is 0 Å². The summed E-state index contributed by atoms with van der Waals surface area (Å²) in [6.45, 7) is 6.48. The molecular formula is C116H89Ir4N9-8. The summed E-state index contributed by atoms with van der Waals surface area (Å²) < 4.78 is 0. The zero-order valence-corrected chi connectivity index (χ0v) is 80.7. The second-order valence-corrected chi connectivity index (χ2v) is 27.9. The topological polar surface area (TPSA) is 116 Å². The molecule has 0 amide bonds. The minimum Gasteiger partial charge on any atom is -0.305 e. The standard InChI is InChI=1S/2C19H16N.C18H14N.C16H11N2.4C11H8N.4Ir/c2*1-2-15-13-19(17-11-7-4-8-12-17)20-14-18(15)16-9-5-3-6-10-16;1-14-12-18(16-10-6-3-7-11-16)19-13-17(14)15-8-4-2-5-9-15;1-2-6-13(7-3-1)16-12-14(9-11-18-16)15-8-4-5-10-17-15;4*1-2-6-10(7-3-1)11-8-4-5-9-12-11;;;;/h2*3-11,13-14H,2H2,1H3;2-10,12-13H,1H3;1-6,8-12H;4*1-6,8-9H;;;;/q8*-1;;;;. The van der Waals surface area contributed by atoms with Crippen LogP contribution in [0.5, 0.6) is 0 Å². The maximum atomic E-state index is 4.60. The summed E-state index contributed by atoms with van der Waals surface area (Å²) in [6.07, 6.45) is 18.6. The minimum atomic E-state index is 0. The Kier molecular flexibility index (Phi) is 42.9. The van der Waals surface area contributed by atoms with E-state index in [2.05, 4.69) is 193 Å². The van der Waals surface area contributed by atoms with Crippen molar-refractivity contribution in [3.05, 3.63) is 527 Å². The number of aryl methyl sites for hydroxylation is 3. The molecule has 0 spiro atoms. The molecule has 0 atom stereocenters. The summed E-state index contributed by atoms with van der Waals surface area (Å²) in [5.74, 6) is 0. The third-order valence-electron chi connectivity index (χ3n) is 19.4. The zero-order chi connectivity index (χ0) is 85.8. The Morgan fingerprint density at radius 1 is 0.186 bits per heavy atom. The van der Waals surface area contributed by atoms with E-state index in [4.69, 9.17) is 0 Å². The molecule has 9 heterocycles. The molecular weight excluding hydrogens is 2290 g/mol. The maximum Gasteiger partial charge on any atom is 0.0695 e. The van der Waals surface area contributed by atoms with Crippen LogP contribution in [0.15, 0.2) is 462 Å². The molecule has 0 N–H and O–H groups in total. The van der Waals surface area contributed by atoms with E-state index >= 15 is 0 Å². The van der Waals surface area contributed by atoms with E-state index in [0.29, 0.717) is 0 Å². The fourth-order valence-electron chi connectivity index (χ4n) is 13.0. The molecule has 0 fully saturated rings. The van der Waals surface area contributed by atoms with Gasteiger partial charge in [-0.2, -0.15) is 0 Å². The van der Waals surface area contributed by atoms with Crippen LogP contribution in [0.25, 0.3) is 135 Å². The molecule has 129 heavy (non-hydrogen) atoms. The summed E-state index contributed by atoms with van der Waals surface area (Å²) in [7, 11) is 0. The number of aromatic nitrogens is 9. The third-order valence-corrected chi connectivity index (χ3v) is 19.4. The quantitative estimate of drug-likeness (QED) is 0.0981. The Labute approximate surface area is 813 Å². The van der Waals surface area contributed by atoms with E-state index in [1.807, 2.05) is 346 Å². The molecule has 0 aliphatic rings. The average molecular weight is 2380 g/mol. The first-order valence-corrected chi connectivity index (χ1v) is 41.3. The van der Waals surface area contributed by atoms with E-state index in [0.717, 1.165) is 114 Å². The fourth-order valence-corrected chi connectivity index (χ4v) is 13.0. The van der Waals surface area contributed by atoms with Gasteiger partial charge in [0.05, 0.1) is 5.69 Å². The van der Waals surface area contributed by atoms with Gasteiger partial charge in [0.25, 0.3) is 0 Å². The molecule has 9 nitrogen and oxygen atoms in total. The van der Waals surface area contributed by atoms with Gasteiger partial charge in [-0.3, -0.25) is 4.98 Å². The van der Waals surface area contributed by atoms with Crippen LogP contribution in [-0.2, 0) is 93.3 Å². The van der Waals surface area contributed by atoms with Crippen molar-refractivity contribution in [2.75, 3.05) is 0 Å². The molecule has 0 aliphatic heterocycles. The van der Waals surface area contributed by atoms with E-state index < -0.39 is 0 Å². The molecule has 13 heteroatoms. The number of hydrogen-bond acceptors (Lipinski definition) is 9. The van der Waals surface area contributed by atoms with Crippen molar-refractivity contribution in [2.45, 2.75) is 33.6 Å². The van der Waals surface area contributed by atoms with Gasteiger partial charge in [-0.25, -0.2) is 0 Å². The predicted molar refractivity (Wildman–Crippen MR) is 511 cm³/mol. The van der Waals surface area contributed by atoms with Crippen LogP contribution in [0.2, 0.25) is 0 Å². The number of benzene rings is 11. The molecule has 0 saturated heterocycles. The summed E-state index contributed by atoms with van der Waals surface area (Å²) in [6, 6.07) is 159. The van der Waals surface area contributed by atoms with Gasteiger partial charge in [0.15, 0.2) is 0 Å². The van der Waals surface area contributed by atoms with Gasteiger partial charge in [0.2, 0.25) is 0 Å². The summed E-state index contributed by atoms with van der Waals surface area (Å²) >= 11 is 0. The Balaban J connectivity index is 0.000000167. The summed E-state index contributed by atoms with van der Waals surface area (Å²) in [4.78, 5) is 39.4. The second kappa shape index (κ2) is 55.8. The van der Waals surface area contributed by atoms with Gasteiger partial charge in [-0.1, -0.05) is 184 Å².